The highest BCUT2D eigenvalue weighted by Gasteiger charge is 2.46. The van der Waals surface area contributed by atoms with Gasteiger partial charge in [-0.15, -0.1) is 0 Å². The van der Waals surface area contributed by atoms with E-state index < -0.39 is 24.9 Å². The molecule has 3 nitrogen and oxygen atoms in total. The summed E-state index contributed by atoms with van der Waals surface area (Å²) < 4.78 is 25.2. The van der Waals surface area contributed by atoms with E-state index in [1.807, 2.05) is 0 Å². The number of halogens is 3. The number of pyridine rings is 1. The fraction of sp³-hybridized carbons (Fsp3) is 0.400. The van der Waals surface area contributed by atoms with Gasteiger partial charge in [-0.3, -0.25) is 4.79 Å². The molecule has 1 saturated heterocycles. The lowest BCUT2D eigenvalue weighted by Crippen LogP contribution is -2.58. The number of likely N-dealkylation sites (tertiary alicyclic amines) is 1. The van der Waals surface area contributed by atoms with Crippen LogP contribution in [0.5, 0.6) is 0 Å². The molecule has 86 valence electrons. The Balaban J connectivity index is 2.16. The normalized spacial score (nSPS) is 18.1. The van der Waals surface area contributed by atoms with Crippen molar-refractivity contribution >= 4 is 17.5 Å². The van der Waals surface area contributed by atoms with Crippen molar-refractivity contribution in [2.45, 2.75) is 12.8 Å². The van der Waals surface area contributed by atoms with E-state index in [2.05, 4.69) is 4.98 Å². The van der Waals surface area contributed by atoms with Gasteiger partial charge in [0.25, 0.3) is 11.8 Å². The van der Waals surface area contributed by atoms with Crippen LogP contribution < -0.4 is 0 Å². The van der Waals surface area contributed by atoms with Crippen LogP contribution in [0.25, 0.3) is 0 Å². The molecule has 1 amide bonds. The van der Waals surface area contributed by atoms with Crippen molar-refractivity contribution in [2.24, 2.45) is 0 Å². The van der Waals surface area contributed by atoms with Crippen molar-refractivity contribution in [3.05, 3.63) is 28.5 Å². The van der Waals surface area contributed by atoms with Gasteiger partial charge in [0.2, 0.25) is 0 Å². The van der Waals surface area contributed by atoms with E-state index in [0.717, 1.165) is 4.90 Å². The molecule has 1 aromatic rings. The topological polar surface area (TPSA) is 33.2 Å². The molecule has 0 atom stereocenters. The number of carbonyl (C=O) groups excluding carboxylic acids is 1. The minimum atomic E-state index is -2.75. The van der Waals surface area contributed by atoms with Gasteiger partial charge in [0.15, 0.2) is 0 Å². The summed E-state index contributed by atoms with van der Waals surface area (Å²) in [6, 6.07) is 2.98. The third-order valence-corrected chi connectivity index (χ3v) is 2.62. The molecule has 0 saturated carbocycles. The molecule has 0 unspecified atom stereocenters. The van der Waals surface area contributed by atoms with Crippen LogP contribution in [0.3, 0.4) is 0 Å². The number of hydrogen-bond acceptors (Lipinski definition) is 2. The molecule has 0 aliphatic carbocycles. The lowest BCUT2D eigenvalue weighted by atomic mass is 10.1. The van der Waals surface area contributed by atoms with E-state index in [4.69, 9.17) is 11.6 Å². The smallest absolute Gasteiger partial charge is 0.282 e. The first-order valence-corrected chi connectivity index (χ1v) is 5.07. The molecule has 2 rings (SSSR count). The van der Waals surface area contributed by atoms with Gasteiger partial charge < -0.3 is 4.90 Å². The summed E-state index contributed by atoms with van der Waals surface area (Å²) in [5, 5.41) is 0.281. The summed E-state index contributed by atoms with van der Waals surface area (Å²) in [4.78, 5) is 16.8. The highest BCUT2D eigenvalue weighted by Crippen LogP contribution is 2.28. The number of alkyl halides is 2. The number of aryl methyl sites for hydroxylation is 1. The third-order valence-electron chi connectivity index (χ3n) is 2.41. The van der Waals surface area contributed by atoms with Crippen LogP contribution in [0.1, 0.15) is 16.1 Å². The van der Waals surface area contributed by atoms with Gasteiger partial charge in [-0.1, -0.05) is 11.6 Å². The molecule has 0 spiro atoms. The summed E-state index contributed by atoms with van der Waals surface area (Å²) in [7, 11) is 0. The minimum absolute atomic E-state index is 0.281. The van der Waals surface area contributed by atoms with Crippen molar-refractivity contribution in [1.82, 2.24) is 9.88 Å². The summed E-state index contributed by atoms with van der Waals surface area (Å²) in [6.45, 7) is 0.582. The second kappa shape index (κ2) is 3.66. The van der Waals surface area contributed by atoms with E-state index >= 15 is 0 Å². The number of hydrogen-bond donors (Lipinski definition) is 0. The first-order chi connectivity index (χ1) is 7.39. The SMILES string of the molecule is Cc1nc(Cl)ccc1C(=O)N1CC(F)(F)C1. The number of carbonyl (C=O) groups is 1. The molecule has 0 aromatic carbocycles. The van der Waals surface area contributed by atoms with Gasteiger partial charge in [-0.25, -0.2) is 13.8 Å². The maximum Gasteiger partial charge on any atom is 0.282 e. The Hall–Kier alpha value is -1.23. The zero-order valence-corrected chi connectivity index (χ0v) is 9.26. The first-order valence-electron chi connectivity index (χ1n) is 4.69. The molecular weight excluding hydrogens is 238 g/mol. The molecular formula is C10H9ClF2N2O. The van der Waals surface area contributed by atoms with Gasteiger partial charge in [0.1, 0.15) is 5.15 Å². The van der Waals surface area contributed by atoms with Crippen molar-refractivity contribution in [1.29, 1.82) is 0 Å². The first kappa shape index (κ1) is 11.3. The largest absolute Gasteiger partial charge is 0.326 e. The van der Waals surface area contributed by atoms with E-state index in [-0.39, 0.29) is 5.15 Å². The molecule has 2 heterocycles. The third kappa shape index (κ3) is 2.00. The standard InChI is InChI=1S/C10H9ClF2N2O/c1-6-7(2-3-8(11)14-6)9(16)15-4-10(12,13)5-15/h2-3H,4-5H2,1H3. The molecule has 1 aliphatic rings. The number of amides is 1. The fourth-order valence-corrected chi connectivity index (χ4v) is 1.77. The molecule has 1 aromatic heterocycles. The number of nitrogens with zero attached hydrogens (tertiary/aromatic N) is 2. The lowest BCUT2D eigenvalue weighted by molar-refractivity contribution is -0.113. The predicted molar refractivity (Wildman–Crippen MR) is 54.8 cm³/mol. The molecule has 0 radical (unpaired) electrons. The minimum Gasteiger partial charge on any atom is -0.326 e. The zero-order chi connectivity index (χ0) is 11.9. The second-order valence-electron chi connectivity index (χ2n) is 3.78. The average molecular weight is 247 g/mol. The number of rotatable bonds is 1. The van der Waals surface area contributed by atoms with Crippen LogP contribution in [0.2, 0.25) is 5.15 Å². The van der Waals surface area contributed by atoms with Crippen LogP contribution in [-0.2, 0) is 0 Å². The second-order valence-corrected chi connectivity index (χ2v) is 4.17. The van der Waals surface area contributed by atoms with E-state index in [1.165, 1.54) is 12.1 Å². The fourth-order valence-electron chi connectivity index (χ4n) is 1.58. The van der Waals surface area contributed by atoms with Gasteiger partial charge in [-0.05, 0) is 19.1 Å². The Morgan fingerprint density at radius 3 is 2.62 bits per heavy atom. The van der Waals surface area contributed by atoms with Crippen LogP contribution >= 0.6 is 11.6 Å². The summed E-state index contributed by atoms with van der Waals surface area (Å²) >= 11 is 5.64. The van der Waals surface area contributed by atoms with Crippen molar-refractivity contribution in [3.8, 4) is 0 Å². The van der Waals surface area contributed by atoms with Crippen LogP contribution in [0, 0.1) is 6.92 Å². The average Bonchev–Trinajstić information content (AvgIpc) is 2.13. The van der Waals surface area contributed by atoms with Gasteiger partial charge in [0.05, 0.1) is 24.3 Å². The zero-order valence-electron chi connectivity index (χ0n) is 8.51. The Morgan fingerprint density at radius 1 is 1.50 bits per heavy atom. The van der Waals surface area contributed by atoms with Crippen LogP contribution in [0.15, 0.2) is 12.1 Å². The van der Waals surface area contributed by atoms with E-state index in [1.54, 1.807) is 6.92 Å². The van der Waals surface area contributed by atoms with Crippen molar-refractivity contribution in [3.63, 3.8) is 0 Å². The summed E-state index contributed by atoms with van der Waals surface area (Å²) in [5.74, 6) is -3.17. The Kier molecular flexibility index (Phi) is 2.58. The maximum absolute atomic E-state index is 12.6. The van der Waals surface area contributed by atoms with Crippen LogP contribution in [0.4, 0.5) is 8.78 Å². The Bertz CT molecular complexity index is 442. The molecule has 16 heavy (non-hydrogen) atoms. The van der Waals surface area contributed by atoms with E-state index in [9.17, 15) is 13.6 Å². The Labute approximate surface area is 96.0 Å². The van der Waals surface area contributed by atoms with Gasteiger partial charge in [0, 0.05) is 0 Å². The van der Waals surface area contributed by atoms with Crippen molar-refractivity contribution < 1.29 is 13.6 Å². The lowest BCUT2D eigenvalue weighted by Gasteiger charge is -2.38. The maximum atomic E-state index is 12.6. The highest BCUT2D eigenvalue weighted by molar-refractivity contribution is 6.29. The molecule has 6 heteroatoms. The predicted octanol–water partition coefficient (Wildman–Crippen LogP) is 2.13. The monoisotopic (exact) mass is 246 g/mol. The Morgan fingerprint density at radius 2 is 2.12 bits per heavy atom. The number of aromatic nitrogens is 1. The van der Waals surface area contributed by atoms with Gasteiger partial charge >= 0.3 is 0 Å². The molecule has 0 N–H and O–H groups in total. The summed E-state index contributed by atoms with van der Waals surface area (Å²) in [6.07, 6.45) is 0. The highest BCUT2D eigenvalue weighted by atomic mass is 35.5. The van der Waals surface area contributed by atoms with Gasteiger partial charge in [-0.2, -0.15) is 0 Å². The van der Waals surface area contributed by atoms with Crippen molar-refractivity contribution in [2.75, 3.05) is 13.1 Å². The van der Waals surface area contributed by atoms with E-state index in [0.29, 0.717) is 11.3 Å². The molecule has 0 bridgehead atoms. The quantitative estimate of drug-likeness (QED) is 0.712. The van der Waals surface area contributed by atoms with Crippen LogP contribution in [-0.4, -0.2) is 34.8 Å². The summed E-state index contributed by atoms with van der Waals surface area (Å²) in [5.41, 5.74) is 0.771. The molecule has 1 aliphatic heterocycles. The molecule has 1 fully saturated rings.